The van der Waals surface area contributed by atoms with Crippen LogP contribution in [0.4, 0.5) is 4.39 Å². The molecule has 5 heteroatoms. The van der Waals surface area contributed by atoms with E-state index < -0.39 is 5.95 Å². The van der Waals surface area contributed by atoms with Crippen LogP contribution >= 0.6 is 0 Å². The first-order valence-electron chi connectivity index (χ1n) is 5.26. The molecule has 16 heavy (non-hydrogen) atoms. The SMILES string of the molecule is O=C(c1cccnc1F)N(CCO)C1CC1. The molecule has 0 aromatic carbocycles. The fraction of sp³-hybridized carbons (Fsp3) is 0.455. The first-order valence-corrected chi connectivity index (χ1v) is 5.26. The minimum Gasteiger partial charge on any atom is -0.395 e. The summed E-state index contributed by atoms with van der Waals surface area (Å²) >= 11 is 0. The van der Waals surface area contributed by atoms with Gasteiger partial charge >= 0.3 is 0 Å². The van der Waals surface area contributed by atoms with Crippen molar-refractivity contribution in [3.8, 4) is 0 Å². The van der Waals surface area contributed by atoms with Crippen LogP contribution in [-0.4, -0.2) is 40.1 Å². The van der Waals surface area contributed by atoms with E-state index in [4.69, 9.17) is 5.11 Å². The monoisotopic (exact) mass is 224 g/mol. The molecule has 0 unspecified atom stereocenters. The molecule has 0 atom stereocenters. The van der Waals surface area contributed by atoms with Gasteiger partial charge in [0.1, 0.15) is 0 Å². The highest BCUT2D eigenvalue weighted by atomic mass is 19.1. The summed E-state index contributed by atoms with van der Waals surface area (Å²) in [5, 5.41) is 8.88. The number of hydrogen-bond donors (Lipinski definition) is 1. The van der Waals surface area contributed by atoms with Crippen LogP contribution in [0.2, 0.25) is 0 Å². The van der Waals surface area contributed by atoms with Crippen LogP contribution in [0.3, 0.4) is 0 Å². The summed E-state index contributed by atoms with van der Waals surface area (Å²) < 4.78 is 13.3. The molecular formula is C11H13FN2O2. The van der Waals surface area contributed by atoms with Crippen molar-refractivity contribution in [2.24, 2.45) is 0 Å². The second kappa shape index (κ2) is 4.57. The van der Waals surface area contributed by atoms with Crippen molar-refractivity contribution in [3.63, 3.8) is 0 Å². The lowest BCUT2D eigenvalue weighted by Crippen LogP contribution is -2.36. The average molecular weight is 224 g/mol. The standard InChI is InChI=1S/C11H13FN2O2/c12-10-9(2-1-5-13-10)11(16)14(6-7-15)8-3-4-8/h1-2,5,8,15H,3-4,6-7H2. The van der Waals surface area contributed by atoms with Gasteiger partial charge in [0, 0.05) is 18.8 Å². The van der Waals surface area contributed by atoms with Crippen molar-refractivity contribution in [1.29, 1.82) is 0 Å². The molecule has 1 fully saturated rings. The third kappa shape index (κ3) is 2.19. The first-order chi connectivity index (χ1) is 7.74. The van der Waals surface area contributed by atoms with Crippen molar-refractivity contribution < 1.29 is 14.3 Å². The number of aliphatic hydroxyl groups excluding tert-OH is 1. The zero-order chi connectivity index (χ0) is 11.5. The van der Waals surface area contributed by atoms with Crippen molar-refractivity contribution in [1.82, 2.24) is 9.88 Å². The molecule has 1 amide bonds. The number of hydrogen-bond acceptors (Lipinski definition) is 3. The molecule has 86 valence electrons. The Morgan fingerprint density at radius 2 is 2.38 bits per heavy atom. The van der Waals surface area contributed by atoms with E-state index >= 15 is 0 Å². The molecule has 0 radical (unpaired) electrons. The number of pyridine rings is 1. The maximum Gasteiger partial charge on any atom is 0.258 e. The summed E-state index contributed by atoms with van der Waals surface area (Å²) in [5.74, 6) is -1.14. The predicted octanol–water partition coefficient (Wildman–Crippen LogP) is 0.818. The molecule has 0 aliphatic heterocycles. The van der Waals surface area contributed by atoms with E-state index in [1.54, 1.807) is 0 Å². The van der Waals surface area contributed by atoms with Gasteiger partial charge in [-0.25, -0.2) is 4.98 Å². The first kappa shape index (κ1) is 11.0. The fourth-order valence-electron chi connectivity index (χ4n) is 1.64. The van der Waals surface area contributed by atoms with Crippen molar-refractivity contribution in [3.05, 3.63) is 29.8 Å². The maximum atomic E-state index is 13.3. The van der Waals surface area contributed by atoms with E-state index in [-0.39, 0.29) is 30.7 Å². The van der Waals surface area contributed by atoms with Gasteiger partial charge in [-0.05, 0) is 25.0 Å². The number of aromatic nitrogens is 1. The molecule has 1 heterocycles. The molecule has 1 N–H and O–H groups in total. The Kier molecular flexibility index (Phi) is 3.14. The topological polar surface area (TPSA) is 53.4 Å². The van der Waals surface area contributed by atoms with Crippen LogP contribution in [0.1, 0.15) is 23.2 Å². The number of nitrogens with zero attached hydrogens (tertiary/aromatic N) is 2. The lowest BCUT2D eigenvalue weighted by atomic mass is 10.2. The Hall–Kier alpha value is -1.49. The van der Waals surface area contributed by atoms with Gasteiger partial charge in [-0.15, -0.1) is 0 Å². The van der Waals surface area contributed by atoms with Gasteiger partial charge in [-0.2, -0.15) is 4.39 Å². The molecule has 1 saturated carbocycles. The Morgan fingerprint density at radius 3 is 2.94 bits per heavy atom. The van der Waals surface area contributed by atoms with Crippen LogP contribution in [0.15, 0.2) is 18.3 Å². The largest absolute Gasteiger partial charge is 0.395 e. The van der Waals surface area contributed by atoms with Gasteiger partial charge in [-0.1, -0.05) is 0 Å². The summed E-state index contributed by atoms with van der Waals surface area (Å²) in [7, 11) is 0. The molecule has 4 nitrogen and oxygen atoms in total. The highest BCUT2D eigenvalue weighted by molar-refractivity contribution is 5.94. The third-order valence-electron chi connectivity index (χ3n) is 2.58. The highest BCUT2D eigenvalue weighted by Gasteiger charge is 2.33. The van der Waals surface area contributed by atoms with Crippen LogP contribution in [0.25, 0.3) is 0 Å². The van der Waals surface area contributed by atoms with Gasteiger partial charge in [-0.3, -0.25) is 4.79 Å². The minimum absolute atomic E-state index is 0.0251. The molecule has 1 aliphatic carbocycles. The van der Waals surface area contributed by atoms with Crippen LogP contribution < -0.4 is 0 Å². The van der Waals surface area contributed by atoms with Crippen molar-refractivity contribution in [2.45, 2.75) is 18.9 Å². The normalized spacial score (nSPS) is 14.9. The zero-order valence-corrected chi connectivity index (χ0v) is 8.77. The van der Waals surface area contributed by atoms with Crippen LogP contribution in [0, 0.1) is 5.95 Å². The number of carbonyl (C=O) groups excluding carboxylic acids is 1. The summed E-state index contributed by atoms with van der Waals surface area (Å²) in [6.45, 7) is 0.141. The average Bonchev–Trinajstić information content (AvgIpc) is 3.09. The van der Waals surface area contributed by atoms with Gasteiger partial charge in [0.15, 0.2) is 0 Å². The lowest BCUT2D eigenvalue weighted by molar-refractivity contribution is 0.0702. The Bertz CT molecular complexity index is 393. The Labute approximate surface area is 92.7 Å². The minimum atomic E-state index is -0.754. The molecule has 1 aliphatic rings. The Morgan fingerprint density at radius 1 is 1.62 bits per heavy atom. The molecular weight excluding hydrogens is 211 g/mol. The highest BCUT2D eigenvalue weighted by Crippen LogP contribution is 2.28. The predicted molar refractivity (Wildman–Crippen MR) is 55.3 cm³/mol. The van der Waals surface area contributed by atoms with E-state index in [2.05, 4.69) is 4.98 Å². The van der Waals surface area contributed by atoms with Crippen LogP contribution in [-0.2, 0) is 0 Å². The second-order valence-corrected chi connectivity index (χ2v) is 3.80. The second-order valence-electron chi connectivity index (χ2n) is 3.80. The van der Waals surface area contributed by atoms with E-state index in [1.807, 2.05) is 0 Å². The molecule has 0 spiro atoms. The van der Waals surface area contributed by atoms with Crippen LogP contribution in [0.5, 0.6) is 0 Å². The number of carbonyl (C=O) groups is 1. The smallest absolute Gasteiger partial charge is 0.258 e. The van der Waals surface area contributed by atoms with Crippen molar-refractivity contribution in [2.75, 3.05) is 13.2 Å². The molecule has 0 saturated heterocycles. The van der Waals surface area contributed by atoms with Gasteiger partial charge in [0.25, 0.3) is 5.91 Å². The lowest BCUT2D eigenvalue weighted by Gasteiger charge is -2.21. The molecule has 1 aromatic rings. The fourth-order valence-corrected chi connectivity index (χ4v) is 1.64. The summed E-state index contributed by atoms with van der Waals surface area (Å²) in [6.07, 6.45) is 3.15. The van der Waals surface area contributed by atoms with Gasteiger partial charge < -0.3 is 10.0 Å². The molecule has 2 rings (SSSR count). The van der Waals surface area contributed by atoms with E-state index in [0.717, 1.165) is 12.8 Å². The van der Waals surface area contributed by atoms with Crippen molar-refractivity contribution >= 4 is 5.91 Å². The number of aliphatic hydroxyl groups is 1. The Balaban J connectivity index is 2.19. The quantitative estimate of drug-likeness (QED) is 0.770. The molecule has 0 bridgehead atoms. The third-order valence-corrected chi connectivity index (χ3v) is 2.58. The summed E-state index contributed by atoms with van der Waals surface area (Å²) in [4.78, 5) is 16.9. The molecule has 1 aromatic heterocycles. The van der Waals surface area contributed by atoms with E-state index in [9.17, 15) is 9.18 Å². The van der Waals surface area contributed by atoms with Gasteiger partial charge in [0.05, 0.1) is 12.2 Å². The number of halogens is 1. The van der Waals surface area contributed by atoms with Gasteiger partial charge in [0.2, 0.25) is 5.95 Å². The number of amides is 1. The summed E-state index contributed by atoms with van der Waals surface area (Å²) in [5.41, 5.74) is -0.0251. The van der Waals surface area contributed by atoms with E-state index in [0.29, 0.717) is 0 Å². The zero-order valence-electron chi connectivity index (χ0n) is 8.77. The number of rotatable bonds is 4. The summed E-state index contributed by atoms with van der Waals surface area (Å²) in [6, 6.07) is 3.09. The maximum absolute atomic E-state index is 13.3. The van der Waals surface area contributed by atoms with E-state index in [1.165, 1.54) is 23.2 Å².